The molecule has 2 rings (SSSR count). The lowest BCUT2D eigenvalue weighted by molar-refractivity contribution is 0.352. The molecule has 1 aliphatic heterocycles. The summed E-state index contributed by atoms with van der Waals surface area (Å²) >= 11 is 0. The van der Waals surface area contributed by atoms with Crippen molar-refractivity contribution >= 4 is 0 Å². The zero-order valence-corrected chi connectivity index (χ0v) is 9.78. The largest absolute Gasteiger partial charge is 0.497 e. The maximum atomic E-state index is 6.28. The lowest BCUT2D eigenvalue weighted by Crippen LogP contribution is -2.42. The third kappa shape index (κ3) is 2.54. The van der Waals surface area contributed by atoms with Crippen LogP contribution in [0, 0.1) is 0 Å². The second-order valence-electron chi connectivity index (χ2n) is 4.36. The van der Waals surface area contributed by atoms with Gasteiger partial charge in [-0.15, -0.1) is 0 Å². The highest BCUT2D eigenvalue weighted by Gasteiger charge is 2.21. The molecule has 0 aromatic heterocycles. The van der Waals surface area contributed by atoms with Crippen LogP contribution in [0.3, 0.4) is 0 Å². The first kappa shape index (κ1) is 11.4. The van der Waals surface area contributed by atoms with Crippen LogP contribution in [-0.2, 0) is 0 Å². The van der Waals surface area contributed by atoms with Gasteiger partial charge in [0, 0.05) is 12.1 Å². The van der Waals surface area contributed by atoms with Gasteiger partial charge < -0.3 is 15.8 Å². The second-order valence-corrected chi connectivity index (χ2v) is 4.36. The Morgan fingerprint density at radius 3 is 3.00 bits per heavy atom. The van der Waals surface area contributed by atoms with E-state index < -0.39 is 0 Å². The molecule has 1 aliphatic rings. The predicted molar refractivity (Wildman–Crippen MR) is 65.6 cm³/mol. The van der Waals surface area contributed by atoms with Crippen molar-refractivity contribution in [2.45, 2.75) is 31.3 Å². The van der Waals surface area contributed by atoms with Gasteiger partial charge in [-0.05, 0) is 37.1 Å². The Morgan fingerprint density at radius 1 is 1.44 bits per heavy atom. The standard InChI is InChI=1S/C13H20N2O/c1-16-11-6-4-5-10(9-11)13(14)12-7-2-3-8-15-12/h4-6,9,12-13,15H,2-3,7-8,14H2,1H3. The van der Waals surface area contributed by atoms with E-state index in [1.54, 1.807) is 7.11 Å². The Hall–Kier alpha value is -1.06. The highest BCUT2D eigenvalue weighted by Crippen LogP contribution is 2.23. The van der Waals surface area contributed by atoms with E-state index in [1.807, 2.05) is 18.2 Å². The van der Waals surface area contributed by atoms with Crippen LogP contribution in [-0.4, -0.2) is 19.7 Å². The van der Waals surface area contributed by atoms with E-state index in [9.17, 15) is 0 Å². The quantitative estimate of drug-likeness (QED) is 0.817. The molecule has 1 saturated heterocycles. The van der Waals surface area contributed by atoms with E-state index in [1.165, 1.54) is 19.3 Å². The number of nitrogens with two attached hydrogens (primary N) is 1. The van der Waals surface area contributed by atoms with Gasteiger partial charge in [-0.2, -0.15) is 0 Å². The highest BCUT2D eigenvalue weighted by atomic mass is 16.5. The van der Waals surface area contributed by atoms with Crippen molar-refractivity contribution in [3.63, 3.8) is 0 Å². The number of nitrogens with one attached hydrogen (secondary N) is 1. The van der Waals surface area contributed by atoms with Crippen LogP contribution >= 0.6 is 0 Å². The van der Waals surface area contributed by atoms with Crippen molar-refractivity contribution in [2.75, 3.05) is 13.7 Å². The van der Waals surface area contributed by atoms with Crippen LogP contribution in [0.1, 0.15) is 30.9 Å². The Bertz CT molecular complexity index is 334. The number of methoxy groups -OCH3 is 1. The molecule has 0 amide bonds. The van der Waals surface area contributed by atoms with Crippen molar-refractivity contribution in [3.05, 3.63) is 29.8 Å². The summed E-state index contributed by atoms with van der Waals surface area (Å²) in [5.41, 5.74) is 7.43. The summed E-state index contributed by atoms with van der Waals surface area (Å²) in [6.07, 6.45) is 3.70. The van der Waals surface area contributed by atoms with Crippen LogP contribution in [0.15, 0.2) is 24.3 Å². The minimum atomic E-state index is 0.0652. The second kappa shape index (κ2) is 5.32. The van der Waals surface area contributed by atoms with E-state index in [0.29, 0.717) is 6.04 Å². The van der Waals surface area contributed by atoms with Crippen molar-refractivity contribution in [1.29, 1.82) is 0 Å². The molecule has 0 bridgehead atoms. The summed E-state index contributed by atoms with van der Waals surface area (Å²) in [6.45, 7) is 1.09. The smallest absolute Gasteiger partial charge is 0.119 e. The van der Waals surface area contributed by atoms with Gasteiger partial charge in [0.2, 0.25) is 0 Å². The van der Waals surface area contributed by atoms with Crippen LogP contribution in [0.5, 0.6) is 5.75 Å². The van der Waals surface area contributed by atoms with Gasteiger partial charge in [0.1, 0.15) is 5.75 Å². The molecule has 0 saturated carbocycles. The topological polar surface area (TPSA) is 47.3 Å². The first-order valence-corrected chi connectivity index (χ1v) is 5.94. The van der Waals surface area contributed by atoms with Gasteiger partial charge in [0.15, 0.2) is 0 Å². The van der Waals surface area contributed by atoms with E-state index in [0.717, 1.165) is 17.9 Å². The molecular weight excluding hydrogens is 200 g/mol. The van der Waals surface area contributed by atoms with Gasteiger partial charge in [-0.1, -0.05) is 18.6 Å². The molecule has 0 aliphatic carbocycles. The summed E-state index contributed by atoms with van der Waals surface area (Å²) in [7, 11) is 1.68. The fourth-order valence-corrected chi connectivity index (χ4v) is 2.27. The number of hydrogen-bond donors (Lipinski definition) is 2. The van der Waals surface area contributed by atoms with Gasteiger partial charge in [-0.25, -0.2) is 0 Å². The number of rotatable bonds is 3. The molecule has 2 unspecified atom stereocenters. The van der Waals surface area contributed by atoms with Crippen LogP contribution < -0.4 is 15.8 Å². The maximum absolute atomic E-state index is 6.28. The molecule has 16 heavy (non-hydrogen) atoms. The first-order valence-electron chi connectivity index (χ1n) is 5.94. The molecule has 3 N–H and O–H groups in total. The Kier molecular flexibility index (Phi) is 3.80. The van der Waals surface area contributed by atoms with E-state index in [4.69, 9.17) is 10.5 Å². The molecule has 2 atom stereocenters. The van der Waals surface area contributed by atoms with Gasteiger partial charge in [0.25, 0.3) is 0 Å². The Morgan fingerprint density at radius 2 is 2.31 bits per heavy atom. The van der Waals surface area contributed by atoms with Gasteiger partial charge >= 0.3 is 0 Å². The maximum Gasteiger partial charge on any atom is 0.119 e. The zero-order chi connectivity index (χ0) is 11.4. The number of ether oxygens (including phenoxy) is 1. The lowest BCUT2D eigenvalue weighted by atomic mass is 9.93. The predicted octanol–water partition coefficient (Wildman–Crippen LogP) is 1.84. The molecule has 1 heterocycles. The highest BCUT2D eigenvalue weighted by molar-refractivity contribution is 5.31. The number of benzene rings is 1. The zero-order valence-electron chi connectivity index (χ0n) is 9.78. The lowest BCUT2D eigenvalue weighted by Gasteiger charge is -2.29. The molecule has 3 heteroatoms. The van der Waals surface area contributed by atoms with E-state index in [2.05, 4.69) is 11.4 Å². The third-order valence-corrected chi connectivity index (χ3v) is 3.26. The van der Waals surface area contributed by atoms with Crippen molar-refractivity contribution in [2.24, 2.45) is 5.73 Å². The van der Waals surface area contributed by atoms with Gasteiger partial charge in [0.05, 0.1) is 7.11 Å². The van der Waals surface area contributed by atoms with Crippen LogP contribution in [0.4, 0.5) is 0 Å². The molecule has 1 aromatic carbocycles. The average Bonchev–Trinajstić information content (AvgIpc) is 2.39. The molecule has 0 spiro atoms. The fraction of sp³-hybridized carbons (Fsp3) is 0.538. The van der Waals surface area contributed by atoms with Crippen LogP contribution in [0.2, 0.25) is 0 Å². The Balaban J connectivity index is 2.09. The number of piperidine rings is 1. The fourth-order valence-electron chi connectivity index (χ4n) is 2.27. The summed E-state index contributed by atoms with van der Waals surface area (Å²) in [5, 5.41) is 3.49. The van der Waals surface area contributed by atoms with Crippen molar-refractivity contribution in [1.82, 2.24) is 5.32 Å². The molecule has 1 aromatic rings. The average molecular weight is 220 g/mol. The summed E-state index contributed by atoms with van der Waals surface area (Å²) in [4.78, 5) is 0. The normalized spacial score (nSPS) is 22.8. The van der Waals surface area contributed by atoms with Crippen LogP contribution in [0.25, 0.3) is 0 Å². The number of hydrogen-bond acceptors (Lipinski definition) is 3. The first-order chi connectivity index (χ1) is 7.81. The molecule has 0 radical (unpaired) electrons. The van der Waals surface area contributed by atoms with Crippen molar-refractivity contribution in [3.8, 4) is 5.75 Å². The SMILES string of the molecule is COc1cccc(C(N)C2CCCCN2)c1. The minimum absolute atomic E-state index is 0.0652. The summed E-state index contributed by atoms with van der Waals surface area (Å²) < 4.78 is 5.22. The molecule has 3 nitrogen and oxygen atoms in total. The van der Waals surface area contributed by atoms with Crippen molar-refractivity contribution < 1.29 is 4.74 Å². The minimum Gasteiger partial charge on any atom is -0.497 e. The molecular formula is C13H20N2O. The monoisotopic (exact) mass is 220 g/mol. The molecule has 88 valence electrons. The molecule has 1 fully saturated rings. The van der Waals surface area contributed by atoms with Gasteiger partial charge in [-0.3, -0.25) is 0 Å². The van der Waals surface area contributed by atoms with E-state index >= 15 is 0 Å². The summed E-state index contributed by atoms with van der Waals surface area (Å²) in [6, 6.07) is 8.52. The Labute approximate surface area is 97.0 Å². The summed E-state index contributed by atoms with van der Waals surface area (Å²) in [5.74, 6) is 0.878. The third-order valence-electron chi connectivity index (χ3n) is 3.26. The van der Waals surface area contributed by atoms with E-state index in [-0.39, 0.29) is 6.04 Å².